The minimum Gasteiger partial charge on any atom is -0.481 e. The molecule has 0 radical (unpaired) electrons. The molecule has 2 heterocycles. The summed E-state index contributed by atoms with van der Waals surface area (Å²) >= 11 is 3.63. The number of alkyl halides is 1. The van der Waals surface area contributed by atoms with E-state index in [1.807, 2.05) is 30.3 Å². The number of hydrogen-bond acceptors (Lipinski definition) is 4. The van der Waals surface area contributed by atoms with Gasteiger partial charge >= 0.3 is 5.97 Å². The standard InChI is InChI=1S/C16H20BrN3O3/c17-12-13(10-5-2-1-3-6-10)18-19-14(12)15(21)20-8-4-7-11(9-20)16(22)23/h1-3,5-6,11-14,18-19H,4,7-9H2,(H,22,23)/t11-,12?,13?,14?/m0/s1. The first-order valence-electron chi connectivity index (χ1n) is 7.79. The molecule has 3 N–H and O–H groups in total. The number of hydrazine groups is 1. The molecular weight excluding hydrogens is 362 g/mol. The van der Waals surface area contributed by atoms with Crippen molar-refractivity contribution >= 4 is 27.8 Å². The molecule has 0 bridgehead atoms. The molecule has 7 heteroatoms. The Hall–Kier alpha value is -1.44. The van der Waals surface area contributed by atoms with Gasteiger partial charge in [0.1, 0.15) is 6.04 Å². The number of hydrogen-bond donors (Lipinski definition) is 3. The van der Waals surface area contributed by atoms with Crippen molar-refractivity contribution in [3.8, 4) is 0 Å². The van der Waals surface area contributed by atoms with Gasteiger partial charge in [-0.3, -0.25) is 9.59 Å². The van der Waals surface area contributed by atoms with Crippen molar-refractivity contribution in [3.05, 3.63) is 35.9 Å². The van der Waals surface area contributed by atoms with E-state index in [1.165, 1.54) is 0 Å². The molecular formula is C16H20BrN3O3. The molecule has 23 heavy (non-hydrogen) atoms. The first-order chi connectivity index (χ1) is 11.1. The fourth-order valence-corrected chi connectivity index (χ4v) is 4.03. The number of nitrogens with zero attached hydrogens (tertiary/aromatic N) is 1. The number of likely N-dealkylation sites (tertiary alicyclic amines) is 1. The van der Waals surface area contributed by atoms with Gasteiger partial charge in [0.15, 0.2) is 0 Å². The lowest BCUT2D eigenvalue weighted by Crippen LogP contribution is -2.52. The van der Waals surface area contributed by atoms with Gasteiger partial charge in [0.05, 0.1) is 16.8 Å². The number of benzene rings is 1. The Morgan fingerprint density at radius 3 is 2.65 bits per heavy atom. The highest BCUT2D eigenvalue weighted by Crippen LogP contribution is 2.30. The number of amides is 1. The maximum absolute atomic E-state index is 12.8. The third kappa shape index (κ3) is 3.41. The van der Waals surface area contributed by atoms with Gasteiger partial charge < -0.3 is 10.0 Å². The first kappa shape index (κ1) is 16.4. The molecule has 1 aromatic rings. The van der Waals surface area contributed by atoms with Crippen LogP contribution in [0.3, 0.4) is 0 Å². The molecule has 0 aliphatic carbocycles. The molecule has 3 rings (SSSR count). The van der Waals surface area contributed by atoms with Gasteiger partial charge in [-0.05, 0) is 18.4 Å². The monoisotopic (exact) mass is 381 g/mol. The van der Waals surface area contributed by atoms with Crippen LogP contribution in [0, 0.1) is 5.92 Å². The molecule has 6 nitrogen and oxygen atoms in total. The Morgan fingerprint density at radius 2 is 1.96 bits per heavy atom. The summed E-state index contributed by atoms with van der Waals surface area (Å²) in [6.45, 7) is 0.915. The van der Waals surface area contributed by atoms with E-state index >= 15 is 0 Å². The smallest absolute Gasteiger partial charge is 0.308 e. The maximum atomic E-state index is 12.8. The summed E-state index contributed by atoms with van der Waals surface area (Å²) in [4.78, 5) is 25.5. The second kappa shape index (κ2) is 6.98. The average Bonchev–Trinajstić information content (AvgIpc) is 2.96. The van der Waals surface area contributed by atoms with Gasteiger partial charge in [-0.15, -0.1) is 0 Å². The fourth-order valence-electron chi connectivity index (χ4n) is 3.23. The van der Waals surface area contributed by atoms with Crippen molar-refractivity contribution in [2.75, 3.05) is 13.1 Å². The Kier molecular flexibility index (Phi) is 4.99. The number of halogens is 1. The first-order valence-corrected chi connectivity index (χ1v) is 8.71. The summed E-state index contributed by atoms with van der Waals surface area (Å²) in [6.07, 6.45) is 1.37. The number of carbonyl (C=O) groups excluding carboxylic acids is 1. The number of carboxylic acids is 1. The van der Waals surface area contributed by atoms with Crippen LogP contribution in [0.15, 0.2) is 30.3 Å². The van der Waals surface area contributed by atoms with Crippen molar-refractivity contribution < 1.29 is 14.7 Å². The predicted octanol–water partition coefficient (Wildman–Crippen LogP) is 1.29. The summed E-state index contributed by atoms with van der Waals surface area (Å²) < 4.78 is 0. The Bertz CT molecular complexity index is 583. The normalized spacial score (nSPS) is 31.1. The number of nitrogens with one attached hydrogen (secondary N) is 2. The predicted molar refractivity (Wildman–Crippen MR) is 88.9 cm³/mol. The van der Waals surface area contributed by atoms with Crippen LogP contribution in [-0.2, 0) is 9.59 Å². The SMILES string of the molecule is O=C(O)[C@H]1CCCN(C(=O)C2NNC(c3ccccc3)C2Br)C1. The molecule has 3 unspecified atom stereocenters. The van der Waals surface area contributed by atoms with Crippen LogP contribution in [0.1, 0.15) is 24.4 Å². The number of piperidine rings is 1. The van der Waals surface area contributed by atoms with E-state index in [0.29, 0.717) is 19.5 Å². The fraction of sp³-hybridized carbons (Fsp3) is 0.500. The van der Waals surface area contributed by atoms with E-state index in [4.69, 9.17) is 0 Å². The van der Waals surface area contributed by atoms with Crippen LogP contribution in [-0.4, -0.2) is 45.8 Å². The number of carboxylic acid groups (broad SMARTS) is 1. The van der Waals surface area contributed by atoms with Gasteiger partial charge in [-0.25, -0.2) is 10.9 Å². The molecule has 0 aromatic heterocycles. The van der Waals surface area contributed by atoms with Gasteiger partial charge in [0.2, 0.25) is 5.91 Å². The zero-order valence-corrected chi connectivity index (χ0v) is 14.2. The quantitative estimate of drug-likeness (QED) is 0.687. The highest BCUT2D eigenvalue weighted by Gasteiger charge is 2.42. The van der Waals surface area contributed by atoms with Crippen LogP contribution in [0.2, 0.25) is 0 Å². The topological polar surface area (TPSA) is 81.7 Å². The van der Waals surface area contributed by atoms with E-state index < -0.39 is 17.9 Å². The molecule has 2 aliphatic rings. The number of aliphatic carboxylic acids is 1. The van der Waals surface area contributed by atoms with Crippen LogP contribution < -0.4 is 10.9 Å². The van der Waals surface area contributed by atoms with E-state index in [2.05, 4.69) is 26.8 Å². The molecule has 2 saturated heterocycles. The van der Waals surface area contributed by atoms with E-state index in [-0.39, 0.29) is 16.8 Å². The van der Waals surface area contributed by atoms with Crippen molar-refractivity contribution in [1.29, 1.82) is 0 Å². The zero-order chi connectivity index (χ0) is 16.4. The van der Waals surface area contributed by atoms with Crippen LogP contribution in [0.5, 0.6) is 0 Å². The second-order valence-electron chi connectivity index (χ2n) is 6.06. The Balaban J connectivity index is 1.67. The molecule has 1 amide bonds. The minimum atomic E-state index is -0.822. The molecule has 124 valence electrons. The molecule has 2 aliphatic heterocycles. The van der Waals surface area contributed by atoms with Crippen LogP contribution in [0.4, 0.5) is 0 Å². The third-order valence-corrected chi connectivity index (χ3v) is 5.60. The zero-order valence-electron chi connectivity index (χ0n) is 12.6. The van der Waals surface area contributed by atoms with Crippen molar-refractivity contribution in [1.82, 2.24) is 15.8 Å². The Morgan fingerprint density at radius 1 is 1.22 bits per heavy atom. The molecule has 2 fully saturated rings. The van der Waals surface area contributed by atoms with Crippen molar-refractivity contribution in [2.45, 2.75) is 29.8 Å². The van der Waals surface area contributed by atoms with Crippen LogP contribution in [0.25, 0.3) is 0 Å². The van der Waals surface area contributed by atoms with Gasteiger partial charge in [0.25, 0.3) is 0 Å². The van der Waals surface area contributed by atoms with Gasteiger partial charge in [0, 0.05) is 13.1 Å². The van der Waals surface area contributed by atoms with E-state index in [9.17, 15) is 14.7 Å². The summed E-state index contributed by atoms with van der Waals surface area (Å²) in [5.41, 5.74) is 7.32. The number of rotatable bonds is 3. The summed E-state index contributed by atoms with van der Waals surface area (Å²) in [5.74, 6) is -1.33. The third-order valence-electron chi connectivity index (χ3n) is 4.54. The Labute approximate surface area is 143 Å². The van der Waals surface area contributed by atoms with Crippen LogP contribution >= 0.6 is 15.9 Å². The van der Waals surface area contributed by atoms with Crippen molar-refractivity contribution in [2.24, 2.45) is 5.92 Å². The minimum absolute atomic E-state index is 0.00906. The maximum Gasteiger partial charge on any atom is 0.308 e. The lowest BCUT2D eigenvalue weighted by molar-refractivity contribution is -0.146. The summed E-state index contributed by atoms with van der Waals surface area (Å²) in [6, 6.07) is 9.50. The highest BCUT2D eigenvalue weighted by molar-refractivity contribution is 9.09. The average molecular weight is 382 g/mol. The van der Waals surface area contributed by atoms with E-state index in [1.54, 1.807) is 4.90 Å². The molecule has 0 saturated carbocycles. The number of carbonyl (C=O) groups is 2. The van der Waals surface area contributed by atoms with Gasteiger partial charge in [-0.1, -0.05) is 46.3 Å². The lowest BCUT2D eigenvalue weighted by atomic mass is 9.96. The van der Waals surface area contributed by atoms with Gasteiger partial charge in [-0.2, -0.15) is 0 Å². The largest absolute Gasteiger partial charge is 0.481 e. The van der Waals surface area contributed by atoms with Crippen molar-refractivity contribution in [3.63, 3.8) is 0 Å². The van der Waals surface area contributed by atoms with E-state index in [0.717, 1.165) is 12.0 Å². The molecule has 0 spiro atoms. The highest BCUT2D eigenvalue weighted by atomic mass is 79.9. The lowest BCUT2D eigenvalue weighted by Gasteiger charge is -2.33. The molecule has 4 atom stereocenters. The second-order valence-corrected chi connectivity index (χ2v) is 7.12. The summed E-state index contributed by atoms with van der Waals surface area (Å²) in [5, 5.41) is 9.17. The summed E-state index contributed by atoms with van der Waals surface area (Å²) in [7, 11) is 0. The molecule has 1 aromatic carbocycles.